The molecule has 0 saturated heterocycles. The van der Waals surface area contributed by atoms with Crippen molar-refractivity contribution in [2.75, 3.05) is 0 Å². The lowest BCUT2D eigenvalue weighted by molar-refractivity contribution is 0.0766. The third-order valence-electron chi connectivity index (χ3n) is 3.62. The number of carbonyl (C=O) groups excluding carboxylic acids is 1. The van der Waals surface area contributed by atoms with Crippen LogP contribution in [0.3, 0.4) is 0 Å². The van der Waals surface area contributed by atoms with Crippen molar-refractivity contribution < 1.29 is 4.79 Å². The number of hydrogen-bond acceptors (Lipinski definition) is 2. The zero-order valence-corrected chi connectivity index (χ0v) is 11.7. The highest BCUT2D eigenvalue weighted by Crippen LogP contribution is 2.34. The molecule has 0 bridgehead atoms. The third-order valence-corrected chi connectivity index (χ3v) is 3.87. The van der Waals surface area contributed by atoms with E-state index in [1.165, 1.54) is 0 Å². The Kier molecular flexibility index (Phi) is 6.43. The van der Waals surface area contributed by atoms with Gasteiger partial charge in [0.2, 0.25) is 0 Å². The lowest BCUT2D eigenvalue weighted by atomic mass is 9.74. The van der Waals surface area contributed by atoms with Crippen molar-refractivity contribution in [1.82, 2.24) is 6.15 Å². The van der Waals surface area contributed by atoms with Gasteiger partial charge in [-0.1, -0.05) is 32.4 Å². The van der Waals surface area contributed by atoms with Crippen LogP contribution in [0.15, 0.2) is 24.3 Å². The summed E-state index contributed by atoms with van der Waals surface area (Å²) in [5.41, 5.74) is 0.573. The average Bonchev–Trinajstić information content (AvgIpc) is 2.33. The molecule has 0 heterocycles. The van der Waals surface area contributed by atoms with Crippen LogP contribution in [0.5, 0.6) is 0 Å². The van der Waals surface area contributed by atoms with Crippen LogP contribution in [0.4, 0.5) is 0 Å². The first kappa shape index (κ1) is 16.1. The van der Waals surface area contributed by atoms with Gasteiger partial charge in [0.25, 0.3) is 0 Å². The normalized spacial score (nSPS) is 10.8. The van der Waals surface area contributed by atoms with Crippen molar-refractivity contribution in [1.29, 1.82) is 0 Å². The Hall–Kier alpha value is -0.860. The Balaban J connectivity index is 0.00000256. The van der Waals surface area contributed by atoms with Crippen LogP contribution in [-0.2, 0) is 0 Å². The van der Waals surface area contributed by atoms with Gasteiger partial charge in [-0.3, -0.25) is 4.79 Å². The minimum Gasteiger partial charge on any atom is -0.344 e. The summed E-state index contributed by atoms with van der Waals surface area (Å²) in [6, 6.07) is 7.20. The van der Waals surface area contributed by atoms with Crippen LogP contribution in [-0.4, -0.2) is 5.78 Å². The quantitative estimate of drug-likeness (QED) is 0.761. The molecule has 1 aromatic carbocycles. The molecule has 0 saturated carbocycles. The van der Waals surface area contributed by atoms with Gasteiger partial charge in [-0.15, -0.1) is 0 Å². The van der Waals surface area contributed by atoms with E-state index in [2.05, 4.69) is 20.8 Å². The predicted molar refractivity (Wildman–Crippen MR) is 74.1 cm³/mol. The molecule has 1 aromatic rings. The van der Waals surface area contributed by atoms with Gasteiger partial charge in [0.15, 0.2) is 5.78 Å². The molecule has 0 radical (unpaired) electrons. The summed E-state index contributed by atoms with van der Waals surface area (Å²) < 4.78 is 0. The van der Waals surface area contributed by atoms with E-state index in [0.29, 0.717) is 5.02 Å². The van der Waals surface area contributed by atoms with Gasteiger partial charge in [0, 0.05) is 16.0 Å². The van der Waals surface area contributed by atoms with Crippen LogP contribution >= 0.6 is 11.6 Å². The van der Waals surface area contributed by atoms with E-state index in [4.69, 9.17) is 11.6 Å². The maximum absolute atomic E-state index is 12.4. The molecule has 17 heavy (non-hydrogen) atoms. The monoisotopic (exact) mass is 255 g/mol. The molecule has 0 aliphatic heterocycles. The summed E-state index contributed by atoms with van der Waals surface area (Å²) in [7, 11) is 0. The lowest BCUT2D eigenvalue weighted by Gasteiger charge is -2.28. The van der Waals surface area contributed by atoms with E-state index < -0.39 is 0 Å². The van der Waals surface area contributed by atoms with Crippen molar-refractivity contribution in [2.24, 2.45) is 5.41 Å². The molecule has 0 amide bonds. The Labute approximate surface area is 109 Å². The molecule has 0 spiro atoms. The fraction of sp³-hybridized carbons (Fsp3) is 0.500. The molecule has 0 aliphatic carbocycles. The van der Waals surface area contributed by atoms with Crippen molar-refractivity contribution in [2.45, 2.75) is 40.0 Å². The summed E-state index contributed by atoms with van der Waals surface area (Å²) in [5, 5.41) is 0.673. The number of ketones is 1. The van der Waals surface area contributed by atoms with Crippen LogP contribution < -0.4 is 6.15 Å². The van der Waals surface area contributed by atoms with Gasteiger partial charge in [-0.2, -0.15) is 0 Å². The second-order valence-electron chi connectivity index (χ2n) is 4.18. The summed E-state index contributed by atoms with van der Waals surface area (Å²) in [6.07, 6.45) is 2.67. The van der Waals surface area contributed by atoms with Crippen molar-refractivity contribution in [3.63, 3.8) is 0 Å². The van der Waals surface area contributed by atoms with Gasteiger partial charge in [-0.05, 0) is 43.5 Å². The number of hydrogen-bond donors (Lipinski definition) is 1. The summed E-state index contributed by atoms with van der Waals surface area (Å²) in [5.74, 6) is 0.247. The van der Waals surface area contributed by atoms with Crippen molar-refractivity contribution in [3.8, 4) is 0 Å². The number of carbonyl (C=O) groups is 1. The highest BCUT2D eigenvalue weighted by Gasteiger charge is 2.33. The fourth-order valence-corrected chi connectivity index (χ4v) is 2.27. The van der Waals surface area contributed by atoms with Gasteiger partial charge >= 0.3 is 0 Å². The number of Topliss-reactive ketones (excluding diaryl/α,β-unsaturated/α-hetero) is 1. The van der Waals surface area contributed by atoms with E-state index in [1.807, 2.05) is 12.1 Å². The highest BCUT2D eigenvalue weighted by atomic mass is 35.5. The van der Waals surface area contributed by atoms with Gasteiger partial charge < -0.3 is 6.15 Å². The van der Waals surface area contributed by atoms with Gasteiger partial charge in [0.05, 0.1) is 0 Å². The van der Waals surface area contributed by atoms with Crippen molar-refractivity contribution in [3.05, 3.63) is 34.9 Å². The second kappa shape index (κ2) is 6.77. The highest BCUT2D eigenvalue weighted by molar-refractivity contribution is 6.30. The Morgan fingerprint density at radius 2 is 1.47 bits per heavy atom. The Morgan fingerprint density at radius 1 is 1.06 bits per heavy atom. The first-order valence-corrected chi connectivity index (χ1v) is 6.27. The van der Waals surface area contributed by atoms with Gasteiger partial charge in [-0.25, -0.2) is 0 Å². The molecule has 3 heteroatoms. The number of halogens is 1. The van der Waals surface area contributed by atoms with E-state index in [0.717, 1.165) is 24.8 Å². The SMILES string of the molecule is CCC(CC)(CC)C(=O)c1ccc(Cl)cc1.N. The molecule has 0 aromatic heterocycles. The molecule has 3 N–H and O–H groups in total. The predicted octanol–water partition coefficient (Wildman–Crippen LogP) is 4.90. The zero-order valence-electron chi connectivity index (χ0n) is 10.9. The molecule has 0 unspecified atom stereocenters. The first-order valence-electron chi connectivity index (χ1n) is 5.90. The lowest BCUT2D eigenvalue weighted by Crippen LogP contribution is -2.29. The number of rotatable bonds is 5. The van der Waals surface area contributed by atoms with E-state index in [-0.39, 0.29) is 17.3 Å². The largest absolute Gasteiger partial charge is 0.344 e. The smallest absolute Gasteiger partial charge is 0.168 e. The van der Waals surface area contributed by atoms with E-state index >= 15 is 0 Å². The van der Waals surface area contributed by atoms with Crippen LogP contribution in [0.1, 0.15) is 50.4 Å². The third kappa shape index (κ3) is 3.30. The minimum atomic E-state index is -0.201. The second-order valence-corrected chi connectivity index (χ2v) is 4.61. The molecule has 0 atom stereocenters. The summed E-state index contributed by atoms with van der Waals surface area (Å²) in [6.45, 7) is 6.25. The standard InChI is InChI=1S/C14H19ClO.H3N/c1-4-14(5-2,6-3)13(16)11-7-9-12(15)10-8-11;/h7-10H,4-6H2,1-3H3;1H3. The molecular weight excluding hydrogens is 234 g/mol. The summed E-state index contributed by atoms with van der Waals surface area (Å²) >= 11 is 5.82. The van der Waals surface area contributed by atoms with Crippen LogP contribution in [0.2, 0.25) is 5.02 Å². The average molecular weight is 256 g/mol. The van der Waals surface area contributed by atoms with Crippen LogP contribution in [0, 0.1) is 5.41 Å². The van der Waals surface area contributed by atoms with E-state index in [1.54, 1.807) is 12.1 Å². The van der Waals surface area contributed by atoms with Crippen LogP contribution in [0.25, 0.3) is 0 Å². The topological polar surface area (TPSA) is 52.1 Å². The molecule has 2 nitrogen and oxygen atoms in total. The van der Waals surface area contributed by atoms with Crippen molar-refractivity contribution >= 4 is 17.4 Å². The zero-order chi connectivity index (χ0) is 12.2. The number of benzene rings is 1. The molecular formula is C14H22ClNO. The Bertz CT molecular complexity index is 347. The first-order chi connectivity index (χ1) is 7.59. The summed E-state index contributed by atoms with van der Waals surface area (Å²) in [4.78, 5) is 12.4. The van der Waals surface area contributed by atoms with E-state index in [9.17, 15) is 4.79 Å². The molecule has 1 rings (SSSR count). The fourth-order valence-electron chi connectivity index (χ4n) is 2.14. The minimum absolute atomic E-state index is 0. The maximum Gasteiger partial charge on any atom is 0.168 e. The van der Waals surface area contributed by atoms with Gasteiger partial charge in [0.1, 0.15) is 0 Å². The Morgan fingerprint density at radius 3 is 1.82 bits per heavy atom. The molecule has 96 valence electrons. The maximum atomic E-state index is 12.4. The molecule has 0 fully saturated rings. The molecule has 0 aliphatic rings.